The second kappa shape index (κ2) is 8.29. The molecule has 0 spiro atoms. The van der Waals surface area contributed by atoms with Crippen LogP contribution >= 0.6 is 23.2 Å². The third-order valence-corrected chi connectivity index (χ3v) is 5.81. The predicted molar refractivity (Wildman–Crippen MR) is 106 cm³/mol. The first kappa shape index (κ1) is 20.6. The molecule has 1 unspecified atom stereocenters. The normalized spacial score (nSPS) is 12.5. The molecule has 0 aliphatic heterocycles. The van der Waals surface area contributed by atoms with Gasteiger partial charge in [0.25, 0.3) is 0 Å². The van der Waals surface area contributed by atoms with E-state index in [1.807, 2.05) is 31.2 Å². The minimum absolute atomic E-state index is 0.213. The maximum atomic E-state index is 12.5. The number of hydrogen-bond donors (Lipinski definition) is 1. The average Bonchev–Trinajstić information content (AvgIpc) is 2.56. The number of halogens is 2. The zero-order valence-electron chi connectivity index (χ0n) is 14.7. The number of rotatable bonds is 6. The van der Waals surface area contributed by atoms with E-state index in [0.29, 0.717) is 11.6 Å². The summed E-state index contributed by atoms with van der Waals surface area (Å²) >= 11 is 11.9. The summed E-state index contributed by atoms with van der Waals surface area (Å²) in [5.41, 5.74) is 2.33. The molecule has 1 N–H and O–H groups in total. The summed E-state index contributed by atoms with van der Waals surface area (Å²) in [5.74, 6) is -0.415. The predicted octanol–water partition coefficient (Wildman–Crippen LogP) is 3.77. The van der Waals surface area contributed by atoms with Crippen molar-refractivity contribution in [1.82, 2.24) is 5.32 Å². The molecular formula is C18H20Cl2N2O3S. The fourth-order valence-corrected chi connectivity index (χ4v) is 3.93. The minimum atomic E-state index is -3.71. The Morgan fingerprint density at radius 3 is 2.27 bits per heavy atom. The van der Waals surface area contributed by atoms with E-state index in [-0.39, 0.29) is 10.7 Å². The number of anilines is 1. The van der Waals surface area contributed by atoms with Crippen LogP contribution in [-0.4, -0.2) is 26.6 Å². The Hall–Kier alpha value is -1.76. The Labute approximate surface area is 164 Å². The van der Waals surface area contributed by atoms with E-state index in [0.717, 1.165) is 21.7 Å². The molecule has 0 aromatic heterocycles. The smallest absolute Gasteiger partial charge is 0.243 e. The van der Waals surface area contributed by atoms with Gasteiger partial charge in [-0.05, 0) is 37.6 Å². The Balaban J connectivity index is 2.20. The van der Waals surface area contributed by atoms with Gasteiger partial charge in [0.15, 0.2) is 0 Å². The third kappa shape index (κ3) is 5.13. The van der Waals surface area contributed by atoms with Crippen molar-refractivity contribution in [2.45, 2.75) is 26.4 Å². The fourth-order valence-electron chi connectivity index (χ4n) is 2.47. The largest absolute Gasteiger partial charge is 0.350 e. The van der Waals surface area contributed by atoms with E-state index < -0.39 is 22.0 Å². The summed E-state index contributed by atoms with van der Waals surface area (Å²) in [7, 11) is -3.71. The van der Waals surface area contributed by atoms with Crippen molar-refractivity contribution < 1.29 is 13.2 Å². The van der Waals surface area contributed by atoms with Crippen LogP contribution in [0.2, 0.25) is 10.0 Å². The summed E-state index contributed by atoms with van der Waals surface area (Å²) in [6, 6.07) is 11.2. The van der Waals surface area contributed by atoms with Gasteiger partial charge in [-0.25, -0.2) is 8.42 Å². The van der Waals surface area contributed by atoms with Crippen molar-refractivity contribution in [2.75, 3.05) is 10.6 Å². The van der Waals surface area contributed by atoms with Gasteiger partial charge in [0.1, 0.15) is 6.04 Å². The van der Waals surface area contributed by atoms with Crippen molar-refractivity contribution in [3.05, 3.63) is 63.6 Å². The van der Waals surface area contributed by atoms with Crippen molar-refractivity contribution in [2.24, 2.45) is 0 Å². The standard InChI is InChI=1S/C18H20Cl2N2O3S/c1-12-4-6-14(7-5-12)11-21-18(23)13(2)22(26(3,24)25)15-8-9-16(19)17(20)10-15/h4-10,13H,11H2,1-3H3,(H,21,23). The van der Waals surface area contributed by atoms with E-state index in [9.17, 15) is 13.2 Å². The molecule has 140 valence electrons. The average molecular weight is 415 g/mol. The molecule has 0 heterocycles. The van der Waals surface area contributed by atoms with Gasteiger partial charge >= 0.3 is 0 Å². The van der Waals surface area contributed by atoms with Crippen molar-refractivity contribution in [1.29, 1.82) is 0 Å². The summed E-state index contributed by atoms with van der Waals surface area (Å²) in [6.07, 6.45) is 1.04. The molecule has 0 radical (unpaired) electrons. The highest BCUT2D eigenvalue weighted by molar-refractivity contribution is 7.92. The van der Waals surface area contributed by atoms with Gasteiger partial charge in [0.2, 0.25) is 15.9 Å². The van der Waals surface area contributed by atoms with Crippen LogP contribution in [0.3, 0.4) is 0 Å². The Morgan fingerprint density at radius 2 is 1.73 bits per heavy atom. The number of hydrogen-bond acceptors (Lipinski definition) is 3. The van der Waals surface area contributed by atoms with E-state index in [2.05, 4.69) is 5.32 Å². The number of nitrogens with one attached hydrogen (secondary N) is 1. The lowest BCUT2D eigenvalue weighted by Gasteiger charge is -2.28. The first-order valence-electron chi connectivity index (χ1n) is 7.87. The number of carbonyl (C=O) groups excluding carboxylic acids is 1. The lowest BCUT2D eigenvalue weighted by Crippen LogP contribution is -2.47. The molecule has 2 rings (SSSR count). The zero-order chi connectivity index (χ0) is 19.5. The van der Waals surface area contributed by atoms with Crippen LogP contribution in [0, 0.1) is 6.92 Å². The first-order chi connectivity index (χ1) is 12.1. The molecule has 2 aromatic carbocycles. The molecule has 2 aromatic rings. The van der Waals surface area contributed by atoms with E-state index in [1.54, 1.807) is 0 Å². The highest BCUT2D eigenvalue weighted by Crippen LogP contribution is 2.29. The van der Waals surface area contributed by atoms with E-state index in [1.165, 1.54) is 25.1 Å². The molecule has 26 heavy (non-hydrogen) atoms. The Bertz CT molecular complexity index is 899. The maximum absolute atomic E-state index is 12.5. The molecule has 5 nitrogen and oxygen atoms in total. The van der Waals surface area contributed by atoms with Crippen LogP contribution in [0.15, 0.2) is 42.5 Å². The van der Waals surface area contributed by atoms with Crippen molar-refractivity contribution >= 4 is 44.8 Å². The number of amides is 1. The fraction of sp³-hybridized carbons (Fsp3) is 0.278. The number of benzene rings is 2. The number of aryl methyl sites for hydroxylation is 1. The molecular weight excluding hydrogens is 395 g/mol. The number of nitrogens with zero attached hydrogens (tertiary/aromatic N) is 1. The van der Waals surface area contributed by atoms with Crippen LogP contribution in [0.25, 0.3) is 0 Å². The van der Waals surface area contributed by atoms with Gasteiger partial charge in [-0.15, -0.1) is 0 Å². The summed E-state index contributed by atoms with van der Waals surface area (Å²) in [4.78, 5) is 12.5. The maximum Gasteiger partial charge on any atom is 0.243 e. The first-order valence-corrected chi connectivity index (χ1v) is 10.5. The van der Waals surface area contributed by atoms with Crippen molar-refractivity contribution in [3.63, 3.8) is 0 Å². The highest BCUT2D eigenvalue weighted by Gasteiger charge is 2.29. The monoisotopic (exact) mass is 414 g/mol. The number of sulfonamides is 1. The zero-order valence-corrected chi connectivity index (χ0v) is 17.0. The summed E-state index contributed by atoms with van der Waals surface area (Å²) in [6.45, 7) is 3.81. The van der Waals surface area contributed by atoms with Crippen LogP contribution in [-0.2, 0) is 21.4 Å². The molecule has 0 saturated heterocycles. The molecule has 0 fully saturated rings. The molecule has 1 atom stereocenters. The minimum Gasteiger partial charge on any atom is -0.350 e. The van der Waals surface area contributed by atoms with Gasteiger partial charge in [0.05, 0.1) is 22.0 Å². The second-order valence-corrected chi connectivity index (χ2v) is 8.71. The quantitative estimate of drug-likeness (QED) is 0.781. The molecule has 0 aliphatic rings. The van der Waals surface area contributed by atoms with Gasteiger partial charge < -0.3 is 5.32 Å². The molecule has 0 saturated carbocycles. The summed E-state index contributed by atoms with van der Waals surface area (Å²) in [5, 5.41) is 3.28. The topological polar surface area (TPSA) is 66.5 Å². The van der Waals surface area contributed by atoms with Crippen LogP contribution in [0.1, 0.15) is 18.1 Å². The summed E-state index contributed by atoms with van der Waals surface area (Å²) < 4.78 is 25.5. The van der Waals surface area contributed by atoms with E-state index in [4.69, 9.17) is 23.2 Å². The molecule has 8 heteroatoms. The van der Waals surface area contributed by atoms with Crippen molar-refractivity contribution in [3.8, 4) is 0 Å². The van der Waals surface area contributed by atoms with Crippen LogP contribution < -0.4 is 9.62 Å². The molecule has 0 aliphatic carbocycles. The molecule has 0 bridgehead atoms. The SMILES string of the molecule is Cc1ccc(CNC(=O)C(C)N(c2ccc(Cl)c(Cl)c2)S(C)(=O)=O)cc1. The van der Waals surface area contributed by atoms with Gasteiger partial charge in [-0.3, -0.25) is 9.10 Å². The van der Waals surface area contributed by atoms with Gasteiger partial charge in [-0.2, -0.15) is 0 Å². The lowest BCUT2D eigenvalue weighted by atomic mass is 10.1. The lowest BCUT2D eigenvalue weighted by molar-refractivity contribution is -0.122. The highest BCUT2D eigenvalue weighted by atomic mass is 35.5. The van der Waals surface area contributed by atoms with Crippen LogP contribution in [0.5, 0.6) is 0 Å². The van der Waals surface area contributed by atoms with Crippen LogP contribution in [0.4, 0.5) is 5.69 Å². The van der Waals surface area contributed by atoms with Gasteiger partial charge in [-0.1, -0.05) is 53.0 Å². The molecule has 1 amide bonds. The van der Waals surface area contributed by atoms with Gasteiger partial charge in [0, 0.05) is 6.54 Å². The number of carbonyl (C=O) groups is 1. The Morgan fingerprint density at radius 1 is 1.12 bits per heavy atom. The third-order valence-electron chi connectivity index (χ3n) is 3.83. The second-order valence-electron chi connectivity index (χ2n) is 6.04. The Kier molecular flexibility index (Phi) is 6.55. The van der Waals surface area contributed by atoms with E-state index >= 15 is 0 Å².